The van der Waals surface area contributed by atoms with Gasteiger partial charge in [0.25, 0.3) is 0 Å². The van der Waals surface area contributed by atoms with Crippen molar-refractivity contribution in [1.29, 1.82) is 0 Å². The Labute approximate surface area is 114 Å². The van der Waals surface area contributed by atoms with Gasteiger partial charge < -0.3 is 14.6 Å². The van der Waals surface area contributed by atoms with Gasteiger partial charge in [0.05, 0.1) is 6.61 Å². The molecule has 0 spiro atoms. The lowest BCUT2D eigenvalue weighted by Crippen LogP contribution is -2.11. The van der Waals surface area contributed by atoms with Crippen LogP contribution in [-0.2, 0) is 20.0 Å². The maximum atomic E-state index is 5.72. The fraction of sp³-hybridized carbons (Fsp3) is 0.400. The maximum Gasteiger partial charge on any atom is 0.119 e. The normalized spacial score (nSPS) is 10.6. The van der Waals surface area contributed by atoms with E-state index in [0.717, 1.165) is 31.1 Å². The Hall–Kier alpha value is -1.81. The lowest BCUT2D eigenvalue weighted by Gasteiger charge is -2.07. The van der Waals surface area contributed by atoms with Crippen molar-refractivity contribution in [2.75, 3.05) is 13.2 Å². The molecule has 1 N–H and O–H groups in total. The van der Waals surface area contributed by atoms with Gasteiger partial charge in [0, 0.05) is 32.4 Å². The summed E-state index contributed by atoms with van der Waals surface area (Å²) in [6.45, 7) is 4.65. The number of aromatic nitrogens is 2. The summed E-state index contributed by atoms with van der Waals surface area (Å²) >= 11 is 0. The molecule has 1 aromatic heterocycles. The van der Waals surface area contributed by atoms with Crippen LogP contribution in [0.25, 0.3) is 0 Å². The smallest absolute Gasteiger partial charge is 0.119 e. The summed E-state index contributed by atoms with van der Waals surface area (Å²) in [6, 6.07) is 8.23. The van der Waals surface area contributed by atoms with Gasteiger partial charge in [-0.05, 0) is 24.2 Å². The molecule has 102 valence electrons. The summed E-state index contributed by atoms with van der Waals surface area (Å²) in [5.41, 5.74) is 1.28. The van der Waals surface area contributed by atoms with Gasteiger partial charge in [0.15, 0.2) is 0 Å². The highest BCUT2D eigenvalue weighted by atomic mass is 16.5. The summed E-state index contributed by atoms with van der Waals surface area (Å²) in [4.78, 5) is 4.27. The molecule has 1 aromatic carbocycles. The van der Waals surface area contributed by atoms with Gasteiger partial charge in [0.2, 0.25) is 0 Å². The van der Waals surface area contributed by atoms with Gasteiger partial charge in [-0.2, -0.15) is 0 Å². The number of ether oxygens (including phenoxy) is 1. The molecule has 0 aliphatic heterocycles. The van der Waals surface area contributed by atoms with Gasteiger partial charge in [-0.15, -0.1) is 0 Å². The fourth-order valence-electron chi connectivity index (χ4n) is 1.87. The van der Waals surface area contributed by atoms with Gasteiger partial charge in [-0.1, -0.05) is 19.1 Å². The number of nitrogens with zero attached hydrogens (tertiary/aromatic N) is 2. The van der Waals surface area contributed by atoms with Crippen LogP contribution in [0.15, 0.2) is 36.7 Å². The molecular weight excluding hydrogens is 238 g/mol. The molecule has 0 unspecified atom stereocenters. The predicted molar refractivity (Wildman–Crippen MR) is 76.2 cm³/mol. The van der Waals surface area contributed by atoms with Crippen molar-refractivity contribution in [3.8, 4) is 5.75 Å². The van der Waals surface area contributed by atoms with Crippen LogP contribution in [0.3, 0.4) is 0 Å². The lowest BCUT2D eigenvalue weighted by atomic mass is 10.2. The second-order valence-electron chi connectivity index (χ2n) is 4.48. The zero-order valence-electron chi connectivity index (χ0n) is 11.6. The summed E-state index contributed by atoms with van der Waals surface area (Å²) in [6.07, 6.45) is 4.58. The van der Waals surface area contributed by atoms with Gasteiger partial charge >= 0.3 is 0 Å². The molecule has 19 heavy (non-hydrogen) atoms. The first-order valence-corrected chi connectivity index (χ1v) is 6.68. The predicted octanol–water partition coefficient (Wildman–Crippen LogP) is 2.15. The molecular formula is C15H21N3O. The third-order valence-corrected chi connectivity index (χ3v) is 3.02. The Balaban J connectivity index is 1.78. The van der Waals surface area contributed by atoms with E-state index < -0.39 is 0 Å². The van der Waals surface area contributed by atoms with Crippen molar-refractivity contribution in [3.05, 3.63) is 48.0 Å². The van der Waals surface area contributed by atoms with Gasteiger partial charge in [-0.3, -0.25) is 0 Å². The van der Waals surface area contributed by atoms with Gasteiger partial charge in [0.1, 0.15) is 11.6 Å². The molecule has 0 bridgehead atoms. The van der Waals surface area contributed by atoms with Crippen LogP contribution in [0.1, 0.15) is 18.3 Å². The Morgan fingerprint density at radius 1 is 1.26 bits per heavy atom. The average molecular weight is 259 g/mol. The number of rotatable bonds is 7. The monoisotopic (exact) mass is 259 g/mol. The van der Waals surface area contributed by atoms with Crippen LogP contribution in [-0.4, -0.2) is 22.7 Å². The summed E-state index contributed by atoms with van der Waals surface area (Å²) < 4.78 is 7.74. The molecule has 2 aromatic rings. The van der Waals surface area contributed by atoms with E-state index in [2.05, 4.69) is 29.4 Å². The minimum absolute atomic E-state index is 0.650. The maximum absolute atomic E-state index is 5.72. The van der Waals surface area contributed by atoms with E-state index in [9.17, 15) is 0 Å². The van der Waals surface area contributed by atoms with Crippen molar-refractivity contribution in [1.82, 2.24) is 14.9 Å². The van der Waals surface area contributed by atoms with Crippen LogP contribution < -0.4 is 10.1 Å². The number of hydrogen-bond donors (Lipinski definition) is 1. The van der Waals surface area contributed by atoms with E-state index in [1.54, 1.807) is 0 Å². The van der Waals surface area contributed by atoms with Crippen molar-refractivity contribution < 1.29 is 4.74 Å². The first-order valence-electron chi connectivity index (χ1n) is 6.68. The molecule has 0 atom stereocenters. The standard InChI is InChI=1S/C15H21N3O/c1-3-16-12-13-4-6-14(7-5-13)19-11-8-15-17-9-10-18(15)2/h4-7,9-10,16H,3,8,11-12H2,1-2H3. The number of hydrogen-bond acceptors (Lipinski definition) is 3. The first kappa shape index (κ1) is 13.6. The minimum Gasteiger partial charge on any atom is -0.493 e. The average Bonchev–Trinajstić information content (AvgIpc) is 2.84. The molecule has 0 saturated heterocycles. The third kappa shape index (κ3) is 4.10. The highest BCUT2D eigenvalue weighted by Crippen LogP contribution is 2.12. The Morgan fingerprint density at radius 2 is 2.05 bits per heavy atom. The quantitative estimate of drug-likeness (QED) is 0.828. The summed E-state index contributed by atoms with van der Waals surface area (Å²) in [5, 5.41) is 3.30. The van der Waals surface area contributed by atoms with E-state index in [-0.39, 0.29) is 0 Å². The van der Waals surface area contributed by atoms with E-state index in [4.69, 9.17) is 4.74 Å². The van der Waals surface area contributed by atoms with Crippen LogP contribution in [0.4, 0.5) is 0 Å². The number of imidazole rings is 1. The summed E-state index contributed by atoms with van der Waals surface area (Å²) in [5.74, 6) is 1.96. The largest absolute Gasteiger partial charge is 0.493 e. The molecule has 1 heterocycles. The number of nitrogens with one attached hydrogen (secondary N) is 1. The second-order valence-corrected chi connectivity index (χ2v) is 4.48. The van der Waals surface area contributed by atoms with Crippen molar-refractivity contribution >= 4 is 0 Å². The molecule has 4 nitrogen and oxygen atoms in total. The highest BCUT2D eigenvalue weighted by molar-refractivity contribution is 5.27. The zero-order chi connectivity index (χ0) is 13.5. The minimum atomic E-state index is 0.650. The van der Waals surface area contributed by atoms with Crippen molar-refractivity contribution in [2.24, 2.45) is 7.05 Å². The van der Waals surface area contributed by atoms with Crippen LogP contribution in [0.2, 0.25) is 0 Å². The molecule has 0 amide bonds. The van der Waals surface area contributed by atoms with Crippen LogP contribution in [0, 0.1) is 0 Å². The molecule has 2 rings (SSSR count). The Bertz CT molecular complexity index is 490. The molecule has 0 saturated carbocycles. The highest BCUT2D eigenvalue weighted by Gasteiger charge is 2.00. The fourth-order valence-corrected chi connectivity index (χ4v) is 1.87. The number of benzene rings is 1. The van der Waals surface area contributed by atoms with Crippen molar-refractivity contribution in [2.45, 2.75) is 19.9 Å². The molecule has 0 aliphatic carbocycles. The van der Waals surface area contributed by atoms with E-state index >= 15 is 0 Å². The zero-order valence-corrected chi connectivity index (χ0v) is 11.6. The van der Waals surface area contributed by atoms with Gasteiger partial charge in [-0.25, -0.2) is 4.98 Å². The summed E-state index contributed by atoms with van der Waals surface area (Å²) in [7, 11) is 2.00. The van der Waals surface area contributed by atoms with E-state index in [0.29, 0.717) is 6.61 Å². The van der Waals surface area contributed by atoms with Crippen LogP contribution >= 0.6 is 0 Å². The molecule has 0 radical (unpaired) electrons. The third-order valence-electron chi connectivity index (χ3n) is 3.02. The topological polar surface area (TPSA) is 39.1 Å². The number of aryl methyl sites for hydroxylation is 1. The first-order chi connectivity index (χ1) is 9.29. The Kier molecular flexibility index (Phi) is 4.98. The molecule has 4 heteroatoms. The van der Waals surface area contributed by atoms with E-state index in [1.165, 1.54) is 5.56 Å². The van der Waals surface area contributed by atoms with Crippen LogP contribution in [0.5, 0.6) is 5.75 Å². The SMILES string of the molecule is CCNCc1ccc(OCCc2nccn2C)cc1. The Morgan fingerprint density at radius 3 is 2.68 bits per heavy atom. The van der Waals surface area contributed by atoms with Crippen molar-refractivity contribution in [3.63, 3.8) is 0 Å². The molecule has 0 fully saturated rings. The lowest BCUT2D eigenvalue weighted by molar-refractivity contribution is 0.317. The second kappa shape index (κ2) is 6.95. The molecule has 0 aliphatic rings. The van der Waals surface area contributed by atoms with E-state index in [1.807, 2.05) is 36.1 Å².